The number of aryl methyl sites for hydroxylation is 1. The highest BCUT2D eigenvalue weighted by Crippen LogP contribution is 2.35. The number of terminal acetylenes is 1. The monoisotopic (exact) mass is 479 g/mol. The minimum absolute atomic E-state index is 0. The fourth-order valence-electron chi connectivity index (χ4n) is 3.98. The number of likely N-dealkylation sites (N-methyl/N-ethyl adjacent to an activating group) is 1. The van der Waals surface area contributed by atoms with Crippen LogP contribution < -0.4 is 18.9 Å². The van der Waals surface area contributed by atoms with Gasteiger partial charge in [-0.05, 0) is 73.8 Å². The summed E-state index contributed by atoms with van der Waals surface area (Å²) in [5.74, 6) is 5.54. The Kier molecular flexibility index (Phi) is 9.51. The van der Waals surface area contributed by atoms with Crippen LogP contribution in [0.5, 0.6) is 23.0 Å². The van der Waals surface area contributed by atoms with Gasteiger partial charge in [-0.3, -0.25) is 4.90 Å². The molecule has 1 atom stereocenters. The Balaban J connectivity index is 0.00000324. The first kappa shape index (κ1) is 25.3. The molecule has 0 amide bonds. The smallest absolute Gasteiger partial charge is 0.231 e. The zero-order valence-corrected chi connectivity index (χ0v) is 20.1. The van der Waals surface area contributed by atoms with E-state index in [2.05, 4.69) is 30.0 Å². The standard InChI is InChI=1S/C28H29NO4.ClH/c1-3-16-29(2)24-15-14-22-18-27(32-20-30-25-10-6-4-7-11-25)28(19-23(22)17-24)33-21-31-26-12-8-5-9-13-26;/h1,4-13,18-19,24H,14-17,20-21H2,2H3;1H. The van der Waals surface area contributed by atoms with E-state index in [1.807, 2.05) is 60.7 Å². The van der Waals surface area contributed by atoms with Crippen LogP contribution >= 0.6 is 12.4 Å². The maximum atomic E-state index is 6.00. The summed E-state index contributed by atoms with van der Waals surface area (Å²) in [5.41, 5.74) is 2.52. The minimum Gasteiger partial charge on any atom is -0.457 e. The Morgan fingerprint density at radius 1 is 0.824 bits per heavy atom. The number of fused-ring (bicyclic) bond motifs is 1. The average Bonchev–Trinajstić information content (AvgIpc) is 2.85. The number of halogens is 1. The fourth-order valence-corrected chi connectivity index (χ4v) is 3.98. The van der Waals surface area contributed by atoms with Gasteiger partial charge in [0.25, 0.3) is 0 Å². The van der Waals surface area contributed by atoms with E-state index in [4.69, 9.17) is 25.4 Å². The summed E-state index contributed by atoms with van der Waals surface area (Å²) >= 11 is 0. The molecule has 0 N–H and O–H groups in total. The van der Waals surface area contributed by atoms with Gasteiger partial charge >= 0.3 is 0 Å². The molecular formula is C28H30ClNO4. The average molecular weight is 480 g/mol. The number of nitrogens with zero attached hydrogens (tertiary/aromatic N) is 1. The van der Waals surface area contributed by atoms with E-state index in [1.165, 1.54) is 11.1 Å². The van der Waals surface area contributed by atoms with Gasteiger partial charge in [0.2, 0.25) is 13.6 Å². The van der Waals surface area contributed by atoms with E-state index in [-0.39, 0.29) is 26.0 Å². The number of rotatable bonds is 10. The second-order valence-corrected chi connectivity index (χ2v) is 8.02. The van der Waals surface area contributed by atoms with E-state index < -0.39 is 0 Å². The molecule has 6 heteroatoms. The van der Waals surface area contributed by atoms with Gasteiger partial charge in [0.1, 0.15) is 11.5 Å². The summed E-state index contributed by atoms with van der Waals surface area (Å²) in [6, 6.07) is 23.7. The lowest BCUT2D eigenvalue weighted by Crippen LogP contribution is -2.36. The highest BCUT2D eigenvalue weighted by atomic mass is 35.5. The number of hydrogen-bond donors (Lipinski definition) is 0. The van der Waals surface area contributed by atoms with Crippen molar-refractivity contribution < 1.29 is 18.9 Å². The number of hydrogen-bond acceptors (Lipinski definition) is 5. The topological polar surface area (TPSA) is 40.2 Å². The van der Waals surface area contributed by atoms with Gasteiger partial charge in [0, 0.05) is 6.04 Å². The van der Waals surface area contributed by atoms with Gasteiger partial charge < -0.3 is 18.9 Å². The molecular weight excluding hydrogens is 450 g/mol. The largest absolute Gasteiger partial charge is 0.457 e. The number of para-hydroxylation sites is 2. The minimum atomic E-state index is 0. The van der Waals surface area contributed by atoms with Crippen LogP contribution in [-0.4, -0.2) is 38.1 Å². The third-order valence-corrected chi connectivity index (χ3v) is 5.80. The van der Waals surface area contributed by atoms with Crippen LogP contribution in [0.2, 0.25) is 0 Å². The highest BCUT2D eigenvalue weighted by Gasteiger charge is 2.24. The van der Waals surface area contributed by atoms with Crippen molar-refractivity contribution in [2.24, 2.45) is 0 Å². The molecule has 34 heavy (non-hydrogen) atoms. The third-order valence-electron chi connectivity index (χ3n) is 5.80. The van der Waals surface area contributed by atoms with Gasteiger partial charge in [-0.2, -0.15) is 0 Å². The van der Waals surface area contributed by atoms with Crippen molar-refractivity contribution in [3.63, 3.8) is 0 Å². The van der Waals surface area contributed by atoms with E-state index in [9.17, 15) is 0 Å². The molecule has 0 bridgehead atoms. The molecule has 0 aliphatic heterocycles. The van der Waals surface area contributed by atoms with Gasteiger partial charge in [-0.25, -0.2) is 0 Å². The van der Waals surface area contributed by atoms with E-state index in [0.717, 1.165) is 30.8 Å². The Bertz CT molecular complexity index is 1070. The molecule has 0 saturated carbocycles. The molecule has 4 rings (SSSR count). The predicted octanol–water partition coefficient (Wildman–Crippen LogP) is 5.36. The summed E-state index contributed by atoms with van der Waals surface area (Å²) in [6.45, 7) is 0.817. The Hall–Kier alpha value is -3.33. The first-order valence-electron chi connectivity index (χ1n) is 11.1. The van der Waals surface area contributed by atoms with Crippen molar-refractivity contribution in [2.45, 2.75) is 25.3 Å². The van der Waals surface area contributed by atoms with Crippen molar-refractivity contribution in [3.05, 3.63) is 83.9 Å². The molecule has 0 saturated heterocycles. The lowest BCUT2D eigenvalue weighted by molar-refractivity contribution is 0.0942. The quantitative estimate of drug-likeness (QED) is 0.289. The maximum Gasteiger partial charge on any atom is 0.231 e. The summed E-state index contributed by atoms with van der Waals surface area (Å²) in [5, 5.41) is 0. The van der Waals surface area contributed by atoms with E-state index >= 15 is 0 Å². The SMILES string of the molecule is C#CCN(C)C1CCc2cc(OCOc3ccccc3)c(OCOc3ccccc3)cc2C1.Cl. The molecule has 0 aromatic heterocycles. The molecule has 0 spiro atoms. The molecule has 3 aromatic carbocycles. The second kappa shape index (κ2) is 12.8. The Labute approximate surface area is 208 Å². The van der Waals surface area contributed by atoms with Crippen LogP contribution in [0.1, 0.15) is 17.5 Å². The molecule has 5 nitrogen and oxygen atoms in total. The summed E-state index contributed by atoms with van der Waals surface area (Å²) < 4.78 is 23.4. The van der Waals surface area contributed by atoms with Crippen LogP contribution in [0.15, 0.2) is 72.8 Å². The van der Waals surface area contributed by atoms with Crippen LogP contribution in [0, 0.1) is 12.3 Å². The van der Waals surface area contributed by atoms with Gasteiger partial charge in [-0.1, -0.05) is 42.3 Å². The molecule has 0 heterocycles. The van der Waals surface area contributed by atoms with Crippen LogP contribution in [0.25, 0.3) is 0 Å². The predicted molar refractivity (Wildman–Crippen MR) is 136 cm³/mol. The zero-order chi connectivity index (χ0) is 22.9. The maximum absolute atomic E-state index is 6.00. The van der Waals surface area contributed by atoms with Crippen molar-refractivity contribution in [3.8, 4) is 35.3 Å². The summed E-state index contributed by atoms with van der Waals surface area (Å²) in [6.07, 6.45) is 8.45. The zero-order valence-electron chi connectivity index (χ0n) is 19.3. The van der Waals surface area contributed by atoms with Crippen LogP contribution in [0.3, 0.4) is 0 Å². The molecule has 1 unspecified atom stereocenters. The van der Waals surface area contributed by atoms with Crippen LogP contribution in [0.4, 0.5) is 0 Å². The number of benzene rings is 3. The van der Waals surface area contributed by atoms with E-state index in [0.29, 0.717) is 24.1 Å². The molecule has 0 fully saturated rings. The van der Waals surface area contributed by atoms with Crippen LogP contribution in [-0.2, 0) is 12.8 Å². The lowest BCUT2D eigenvalue weighted by Gasteiger charge is -2.32. The first-order valence-corrected chi connectivity index (χ1v) is 11.1. The summed E-state index contributed by atoms with van der Waals surface area (Å²) in [4.78, 5) is 2.24. The highest BCUT2D eigenvalue weighted by molar-refractivity contribution is 5.85. The fraction of sp³-hybridized carbons (Fsp3) is 0.286. The van der Waals surface area contributed by atoms with E-state index in [1.54, 1.807) is 0 Å². The van der Waals surface area contributed by atoms with Gasteiger partial charge in [0.15, 0.2) is 11.5 Å². The Morgan fingerprint density at radius 2 is 1.35 bits per heavy atom. The summed E-state index contributed by atoms with van der Waals surface area (Å²) in [7, 11) is 2.08. The first-order chi connectivity index (χ1) is 16.2. The van der Waals surface area contributed by atoms with Crippen molar-refractivity contribution in [1.82, 2.24) is 4.90 Å². The molecule has 1 aliphatic rings. The van der Waals surface area contributed by atoms with Crippen molar-refractivity contribution in [2.75, 3.05) is 27.2 Å². The number of ether oxygens (including phenoxy) is 4. The molecule has 178 valence electrons. The molecule has 1 aliphatic carbocycles. The normalized spacial score (nSPS) is 14.3. The van der Waals surface area contributed by atoms with Gasteiger partial charge in [0.05, 0.1) is 6.54 Å². The Morgan fingerprint density at radius 3 is 1.88 bits per heavy atom. The second-order valence-electron chi connectivity index (χ2n) is 8.02. The molecule has 0 radical (unpaired) electrons. The van der Waals surface area contributed by atoms with Crippen molar-refractivity contribution >= 4 is 12.4 Å². The third kappa shape index (κ3) is 6.84. The van der Waals surface area contributed by atoms with Gasteiger partial charge in [-0.15, -0.1) is 18.8 Å². The van der Waals surface area contributed by atoms with Crippen molar-refractivity contribution in [1.29, 1.82) is 0 Å². The lowest BCUT2D eigenvalue weighted by atomic mass is 9.87. The molecule has 3 aromatic rings.